The van der Waals surface area contributed by atoms with Crippen molar-refractivity contribution >= 4 is 5.69 Å². The Bertz CT molecular complexity index is 494. The standard InChI is InChI=1S/C12H11NO3/c13-11-7-10(5-6-12(11)15)16-9-3-1-8(14)2-4-9/h1-7,14-15H,13H2. The molecule has 4 nitrogen and oxygen atoms in total. The van der Waals surface area contributed by atoms with Crippen LogP contribution in [0.1, 0.15) is 0 Å². The Morgan fingerprint density at radius 3 is 2.12 bits per heavy atom. The van der Waals surface area contributed by atoms with Crippen molar-refractivity contribution in [2.24, 2.45) is 0 Å². The van der Waals surface area contributed by atoms with E-state index in [0.29, 0.717) is 11.5 Å². The lowest BCUT2D eigenvalue weighted by atomic mass is 10.3. The molecule has 0 unspecified atom stereocenters. The van der Waals surface area contributed by atoms with Crippen molar-refractivity contribution < 1.29 is 14.9 Å². The van der Waals surface area contributed by atoms with E-state index in [4.69, 9.17) is 15.6 Å². The molecule has 0 aliphatic rings. The number of benzene rings is 2. The molecule has 0 bridgehead atoms. The molecular formula is C12H11NO3. The van der Waals surface area contributed by atoms with Gasteiger partial charge in [-0.05, 0) is 36.4 Å². The number of anilines is 1. The number of phenols is 2. The number of hydrogen-bond acceptors (Lipinski definition) is 4. The third kappa shape index (κ3) is 2.17. The summed E-state index contributed by atoms with van der Waals surface area (Å²) in [6.45, 7) is 0. The topological polar surface area (TPSA) is 75.7 Å². The number of aromatic hydroxyl groups is 2. The Kier molecular flexibility index (Phi) is 2.55. The Morgan fingerprint density at radius 2 is 1.50 bits per heavy atom. The zero-order chi connectivity index (χ0) is 11.5. The quantitative estimate of drug-likeness (QED) is 0.533. The van der Waals surface area contributed by atoms with Crippen molar-refractivity contribution in [2.75, 3.05) is 5.73 Å². The molecule has 0 aliphatic heterocycles. The van der Waals surface area contributed by atoms with Gasteiger partial charge in [-0.15, -0.1) is 0 Å². The Hall–Kier alpha value is -2.36. The first-order chi connectivity index (χ1) is 7.65. The van der Waals surface area contributed by atoms with Crippen LogP contribution in [-0.4, -0.2) is 10.2 Å². The van der Waals surface area contributed by atoms with E-state index in [9.17, 15) is 5.11 Å². The summed E-state index contributed by atoms with van der Waals surface area (Å²) in [5, 5.41) is 18.3. The van der Waals surface area contributed by atoms with Crippen LogP contribution >= 0.6 is 0 Å². The van der Waals surface area contributed by atoms with Crippen molar-refractivity contribution in [3.63, 3.8) is 0 Å². The van der Waals surface area contributed by atoms with Crippen LogP contribution in [0.5, 0.6) is 23.0 Å². The van der Waals surface area contributed by atoms with E-state index in [1.807, 2.05) is 0 Å². The minimum Gasteiger partial charge on any atom is -0.508 e. The number of nitrogens with two attached hydrogens (primary N) is 1. The molecular weight excluding hydrogens is 206 g/mol. The number of ether oxygens (including phenoxy) is 1. The fourth-order valence-electron chi connectivity index (χ4n) is 1.25. The SMILES string of the molecule is Nc1cc(Oc2ccc(O)cc2)ccc1O. The highest BCUT2D eigenvalue weighted by atomic mass is 16.5. The van der Waals surface area contributed by atoms with Crippen LogP contribution in [0.2, 0.25) is 0 Å². The molecule has 0 saturated carbocycles. The monoisotopic (exact) mass is 217 g/mol. The lowest BCUT2D eigenvalue weighted by Gasteiger charge is -2.07. The van der Waals surface area contributed by atoms with Gasteiger partial charge >= 0.3 is 0 Å². The molecule has 0 fully saturated rings. The van der Waals surface area contributed by atoms with E-state index in [1.54, 1.807) is 18.2 Å². The predicted molar refractivity (Wildman–Crippen MR) is 60.7 cm³/mol. The van der Waals surface area contributed by atoms with E-state index in [0.717, 1.165) is 0 Å². The highest BCUT2D eigenvalue weighted by molar-refractivity contribution is 5.55. The molecule has 4 N–H and O–H groups in total. The van der Waals surface area contributed by atoms with E-state index < -0.39 is 0 Å². The van der Waals surface area contributed by atoms with Crippen molar-refractivity contribution in [3.8, 4) is 23.0 Å². The van der Waals surface area contributed by atoms with Crippen LogP contribution in [0.15, 0.2) is 42.5 Å². The number of nitrogen functional groups attached to an aromatic ring is 1. The third-order valence-corrected chi connectivity index (χ3v) is 2.07. The minimum absolute atomic E-state index is 0.0260. The highest BCUT2D eigenvalue weighted by Gasteiger charge is 2.01. The van der Waals surface area contributed by atoms with E-state index in [2.05, 4.69) is 0 Å². The normalized spacial score (nSPS) is 10.0. The van der Waals surface area contributed by atoms with Gasteiger partial charge in [-0.2, -0.15) is 0 Å². The van der Waals surface area contributed by atoms with Gasteiger partial charge in [0.05, 0.1) is 5.69 Å². The van der Waals surface area contributed by atoms with E-state index >= 15 is 0 Å². The second-order valence-corrected chi connectivity index (χ2v) is 3.32. The van der Waals surface area contributed by atoms with Crippen LogP contribution < -0.4 is 10.5 Å². The molecule has 0 aromatic heterocycles. The average molecular weight is 217 g/mol. The average Bonchev–Trinajstić information content (AvgIpc) is 2.27. The molecule has 4 heteroatoms. The zero-order valence-corrected chi connectivity index (χ0v) is 8.42. The minimum atomic E-state index is 0.0260. The smallest absolute Gasteiger partial charge is 0.138 e. The summed E-state index contributed by atoms with van der Waals surface area (Å²) < 4.78 is 5.47. The molecule has 0 heterocycles. The van der Waals surface area contributed by atoms with Crippen LogP contribution in [0.4, 0.5) is 5.69 Å². The molecule has 0 atom stereocenters. The van der Waals surface area contributed by atoms with Gasteiger partial charge in [-0.1, -0.05) is 0 Å². The second-order valence-electron chi connectivity index (χ2n) is 3.32. The first kappa shape index (κ1) is 10.2. The van der Waals surface area contributed by atoms with Gasteiger partial charge < -0.3 is 20.7 Å². The number of hydrogen-bond donors (Lipinski definition) is 3. The highest BCUT2D eigenvalue weighted by Crippen LogP contribution is 2.29. The summed E-state index contributed by atoms with van der Waals surface area (Å²) in [5.74, 6) is 1.32. The van der Waals surface area contributed by atoms with Crippen LogP contribution in [0.25, 0.3) is 0 Å². The maximum absolute atomic E-state index is 9.23. The van der Waals surface area contributed by atoms with Gasteiger partial charge in [-0.25, -0.2) is 0 Å². The van der Waals surface area contributed by atoms with Gasteiger partial charge in [0.1, 0.15) is 23.0 Å². The Balaban J connectivity index is 2.20. The fraction of sp³-hybridized carbons (Fsp3) is 0. The predicted octanol–water partition coefficient (Wildman–Crippen LogP) is 2.47. The summed E-state index contributed by atoms with van der Waals surface area (Å²) in [6, 6.07) is 10.9. The lowest BCUT2D eigenvalue weighted by molar-refractivity contribution is 0.460. The molecule has 0 saturated heterocycles. The van der Waals surface area contributed by atoms with Gasteiger partial charge in [-0.3, -0.25) is 0 Å². The third-order valence-electron chi connectivity index (χ3n) is 2.07. The summed E-state index contributed by atoms with van der Waals surface area (Å²) in [7, 11) is 0. The van der Waals surface area contributed by atoms with E-state index in [-0.39, 0.29) is 17.2 Å². The molecule has 2 rings (SSSR count). The molecule has 0 amide bonds. The number of rotatable bonds is 2. The first-order valence-corrected chi connectivity index (χ1v) is 4.70. The largest absolute Gasteiger partial charge is 0.508 e. The van der Waals surface area contributed by atoms with Crippen molar-refractivity contribution in [1.82, 2.24) is 0 Å². The summed E-state index contributed by atoms with van der Waals surface area (Å²) in [6.07, 6.45) is 0. The van der Waals surface area contributed by atoms with Gasteiger partial charge in [0, 0.05) is 6.07 Å². The molecule has 0 radical (unpaired) electrons. The molecule has 0 spiro atoms. The maximum Gasteiger partial charge on any atom is 0.138 e. The van der Waals surface area contributed by atoms with Crippen molar-refractivity contribution in [2.45, 2.75) is 0 Å². The van der Waals surface area contributed by atoms with Crippen molar-refractivity contribution in [1.29, 1.82) is 0 Å². The Morgan fingerprint density at radius 1 is 0.875 bits per heavy atom. The molecule has 2 aromatic carbocycles. The molecule has 2 aromatic rings. The maximum atomic E-state index is 9.23. The van der Waals surface area contributed by atoms with Crippen LogP contribution in [-0.2, 0) is 0 Å². The van der Waals surface area contributed by atoms with Gasteiger partial charge in [0.15, 0.2) is 0 Å². The second kappa shape index (κ2) is 4.02. The first-order valence-electron chi connectivity index (χ1n) is 4.70. The molecule has 0 aliphatic carbocycles. The van der Waals surface area contributed by atoms with Crippen molar-refractivity contribution in [3.05, 3.63) is 42.5 Å². The van der Waals surface area contributed by atoms with Gasteiger partial charge in [0.2, 0.25) is 0 Å². The fourth-order valence-corrected chi connectivity index (χ4v) is 1.25. The number of phenolic OH excluding ortho intramolecular Hbond substituents is 2. The van der Waals surface area contributed by atoms with E-state index in [1.165, 1.54) is 24.3 Å². The Labute approximate surface area is 92.5 Å². The summed E-state index contributed by atoms with van der Waals surface area (Å²) in [4.78, 5) is 0. The lowest BCUT2D eigenvalue weighted by Crippen LogP contribution is -1.88. The summed E-state index contributed by atoms with van der Waals surface area (Å²) in [5.41, 5.74) is 5.79. The van der Waals surface area contributed by atoms with Gasteiger partial charge in [0.25, 0.3) is 0 Å². The molecule has 82 valence electrons. The van der Waals surface area contributed by atoms with Crippen LogP contribution in [0, 0.1) is 0 Å². The molecule has 16 heavy (non-hydrogen) atoms. The zero-order valence-electron chi connectivity index (χ0n) is 8.42. The van der Waals surface area contributed by atoms with Crippen LogP contribution in [0.3, 0.4) is 0 Å². The summed E-state index contributed by atoms with van der Waals surface area (Å²) >= 11 is 0.